The minimum Gasteiger partial charge on any atom is -0.354 e. The molecule has 0 bridgehead atoms. The van der Waals surface area contributed by atoms with Crippen LogP contribution in [0.2, 0.25) is 5.02 Å². The lowest BCUT2D eigenvalue weighted by molar-refractivity contribution is -0.139. The minimum absolute atomic E-state index is 0.163. The molecule has 3 amide bonds. The predicted molar refractivity (Wildman–Crippen MR) is 135 cm³/mol. The summed E-state index contributed by atoms with van der Waals surface area (Å²) in [5.41, 5.74) is 2.04. The van der Waals surface area contributed by atoms with Gasteiger partial charge in [0.15, 0.2) is 0 Å². The molecular formula is C27H28ClN3O3. The molecule has 0 radical (unpaired) electrons. The number of carbonyl (C=O) groups is 3. The van der Waals surface area contributed by atoms with Gasteiger partial charge in [-0.3, -0.25) is 19.3 Å². The van der Waals surface area contributed by atoms with Gasteiger partial charge in [0.25, 0.3) is 5.91 Å². The Hall–Kier alpha value is -3.38. The third kappa shape index (κ3) is 4.64. The van der Waals surface area contributed by atoms with E-state index in [0.717, 1.165) is 29.2 Å². The smallest absolute Gasteiger partial charge is 0.259 e. The number of amides is 3. The lowest BCUT2D eigenvalue weighted by atomic mass is 10.1. The first-order valence-corrected chi connectivity index (χ1v) is 11.9. The van der Waals surface area contributed by atoms with Gasteiger partial charge in [-0.15, -0.1) is 0 Å². The quantitative estimate of drug-likeness (QED) is 0.450. The Bertz CT molecular complexity index is 1240. The van der Waals surface area contributed by atoms with Crippen LogP contribution in [-0.4, -0.2) is 41.8 Å². The van der Waals surface area contributed by atoms with Gasteiger partial charge in [-0.1, -0.05) is 67.4 Å². The van der Waals surface area contributed by atoms with Crippen molar-refractivity contribution in [1.29, 1.82) is 0 Å². The van der Waals surface area contributed by atoms with Crippen molar-refractivity contribution in [3.8, 4) is 0 Å². The van der Waals surface area contributed by atoms with Crippen LogP contribution in [0, 0.1) is 0 Å². The number of nitrogens with one attached hydrogen (secondary N) is 1. The van der Waals surface area contributed by atoms with Crippen LogP contribution < -0.4 is 10.2 Å². The van der Waals surface area contributed by atoms with E-state index in [1.165, 1.54) is 9.80 Å². The molecule has 3 aromatic carbocycles. The zero-order valence-corrected chi connectivity index (χ0v) is 20.1. The van der Waals surface area contributed by atoms with Crippen molar-refractivity contribution >= 4 is 45.8 Å². The molecule has 4 rings (SSSR count). The molecule has 1 heterocycles. The van der Waals surface area contributed by atoms with Crippen LogP contribution in [-0.2, 0) is 16.1 Å². The van der Waals surface area contributed by atoms with Gasteiger partial charge in [-0.05, 0) is 42.5 Å². The van der Waals surface area contributed by atoms with Gasteiger partial charge >= 0.3 is 0 Å². The van der Waals surface area contributed by atoms with Crippen LogP contribution in [0.15, 0.2) is 60.7 Å². The van der Waals surface area contributed by atoms with Crippen molar-refractivity contribution in [3.63, 3.8) is 0 Å². The Morgan fingerprint density at radius 1 is 1.06 bits per heavy atom. The van der Waals surface area contributed by atoms with Crippen LogP contribution in [0.25, 0.3) is 10.8 Å². The Kier molecular flexibility index (Phi) is 7.17. The summed E-state index contributed by atoms with van der Waals surface area (Å²) in [6.45, 7) is 4.31. The number of benzene rings is 3. The molecule has 176 valence electrons. The van der Waals surface area contributed by atoms with Crippen molar-refractivity contribution in [3.05, 3.63) is 76.8 Å². The van der Waals surface area contributed by atoms with Gasteiger partial charge in [0.05, 0.1) is 5.69 Å². The maximum atomic E-state index is 13.6. The number of rotatable bonds is 9. The zero-order chi connectivity index (χ0) is 24.2. The first-order chi connectivity index (χ1) is 16.4. The molecule has 6 nitrogen and oxygen atoms in total. The highest BCUT2D eigenvalue weighted by atomic mass is 35.5. The number of hydrogen-bond donors (Lipinski definition) is 1. The molecule has 1 aliphatic heterocycles. The third-order valence-electron chi connectivity index (χ3n) is 6.24. The van der Waals surface area contributed by atoms with Crippen molar-refractivity contribution in [2.75, 3.05) is 18.0 Å². The van der Waals surface area contributed by atoms with Crippen LogP contribution in [0.5, 0.6) is 0 Å². The Balaban J connectivity index is 1.60. The maximum Gasteiger partial charge on any atom is 0.259 e. The Labute approximate surface area is 204 Å². The molecule has 34 heavy (non-hydrogen) atoms. The van der Waals surface area contributed by atoms with Gasteiger partial charge in [-0.25, -0.2) is 0 Å². The number of unbranched alkanes of at least 4 members (excludes halogenated alkanes) is 1. The molecule has 0 saturated carbocycles. The highest BCUT2D eigenvalue weighted by molar-refractivity contribution is 6.31. The Morgan fingerprint density at radius 3 is 2.53 bits per heavy atom. The molecule has 1 atom stereocenters. The summed E-state index contributed by atoms with van der Waals surface area (Å²) in [7, 11) is 0. The molecule has 7 heteroatoms. The van der Waals surface area contributed by atoms with Gasteiger partial charge < -0.3 is 10.2 Å². The molecule has 0 unspecified atom stereocenters. The molecular weight excluding hydrogens is 450 g/mol. The topological polar surface area (TPSA) is 69.7 Å². The predicted octanol–water partition coefficient (Wildman–Crippen LogP) is 4.79. The number of anilines is 1. The highest BCUT2D eigenvalue weighted by Crippen LogP contribution is 2.37. The van der Waals surface area contributed by atoms with Crippen molar-refractivity contribution in [2.45, 2.75) is 39.3 Å². The number of carbonyl (C=O) groups excluding carboxylic acids is 3. The average Bonchev–Trinajstić information content (AvgIpc) is 3.11. The SMILES string of the molecule is CCCCNC(=O)[C@H](C)N(Cc1ccccc1Cl)C(=O)CN1C(=O)c2cccc3cccc1c23. The van der Waals surface area contributed by atoms with Crippen molar-refractivity contribution in [1.82, 2.24) is 10.2 Å². The number of halogens is 1. The van der Waals surface area contributed by atoms with E-state index in [1.807, 2.05) is 48.5 Å². The number of hydrogen-bond acceptors (Lipinski definition) is 3. The molecule has 0 spiro atoms. The largest absolute Gasteiger partial charge is 0.354 e. The molecule has 1 aliphatic rings. The van der Waals surface area contributed by atoms with Crippen LogP contribution >= 0.6 is 11.6 Å². The van der Waals surface area contributed by atoms with Crippen LogP contribution in [0.3, 0.4) is 0 Å². The first kappa shape index (κ1) is 23.8. The molecule has 0 saturated heterocycles. The standard InChI is InChI=1S/C27H28ClN3O3/c1-3-4-15-29-26(33)18(2)30(16-20-9-5-6-13-22(20)28)24(32)17-31-23-14-8-11-19-10-7-12-21(25(19)23)27(31)34/h5-14,18H,3-4,15-17H2,1-2H3,(H,29,33)/t18-/m0/s1. The summed E-state index contributed by atoms with van der Waals surface area (Å²) >= 11 is 6.36. The monoisotopic (exact) mass is 477 g/mol. The molecule has 0 aliphatic carbocycles. The van der Waals surface area contributed by atoms with Gasteiger partial charge in [0.2, 0.25) is 11.8 Å². The van der Waals surface area contributed by atoms with Crippen LogP contribution in [0.1, 0.15) is 42.6 Å². The fourth-order valence-corrected chi connectivity index (χ4v) is 4.49. The molecule has 3 aromatic rings. The normalized spacial score (nSPS) is 13.3. The van der Waals surface area contributed by atoms with E-state index in [1.54, 1.807) is 19.1 Å². The van der Waals surface area contributed by atoms with Gasteiger partial charge in [-0.2, -0.15) is 0 Å². The summed E-state index contributed by atoms with van der Waals surface area (Å²) in [5.74, 6) is -0.763. The fraction of sp³-hybridized carbons (Fsp3) is 0.296. The van der Waals surface area contributed by atoms with Crippen molar-refractivity contribution < 1.29 is 14.4 Å². The summed E-state index contributed by atoms with van der Waals surface area (Å²) in [4.78, 5) is 42.7. The fourth-order valence-electron chi connectivity index (χ4n) is 4.29. The second kappa shape index (κ2) is 10.3. The first-order valence-electron chi connectivity index (χ1n) is 11.6. The summed E-state index contributed by atoms with van der Waals surface area (Å²) < 4.78 is 0. The van der Waals surface area contributed by atoms with Crippen LogP contribution in [0.4, 0.5) is 5.69 Å². The Morgan fingerprint density at radius 2 is 1.79 bits per heavy atom. The molecule has 0 fully saturated rings. The molecule has 0 aromatic heterocycles. The third-order valence-corrected chi connectivity index (χ3v) is 6.61. The maximum absolute atomic E-state index is 13.6. The van der Waals surface area contributed by atoms with Gasteiger partial charge in [0, 0.05) is 29.1 Å². The second-order valence-electron chi connectivity index (χ2n) is 8.51. The van der Waals surface area contributed by atoms with E-state index in [0.29, 0.717) is 22.8 Å². The van der Waals surface area contributed by atoms with Gasteiger partial charge in [0.1, 0.15) is 12.6 Å². The van der Waals surface area contributed by atoms with E-state index in [2.05, 4.69) is 12.2 Å². The van der Waals surface area contributed by atoms with E-state index < -0.39 is 6.04 Å². The van der Waals surface area contributed by atoms with E-state index in [4.69, 9.17) is 11.6 Å². The molecule has 1 N–H and O–H groups in total. The average molecular weight is 478 g/mol. The summed E-state index contributed by atoms with van der Waals surface area (Å²) in [6.07, 6.45) is 1.82. The summed E-state index contributed by atoms with van der Waals surface area (Å²) in [5, 5.41) is 5.23. The second-order valence-corrected chi connectivity index (χ2v) is 8.91. The van der Waals surface area contributed by atoms with Crippen molar-refractivity contribution in [2.24, 2.45) is 0 Å². The number of nitrogens with zero attached hydrogens (tertiary/aromatic N) is 2. The highest BCUT2D eigenvalue weighted by Gasteiger charge is 2.34. The van der Waals surface area contributed by atoms with E-state index >= 15 is 0 Å². The summed E-state index contributed by atoms with van der Waals surface area (Å²) in [6, 6.07) is 17.8. The zero-order valence-electron chi connectivity index (χ0n) is 19.4. The van der Waals surface area contributed by atoms with E-state index in [-0.39, 0.29) is 30.8 Å². The minimum atomic E-state index is -0.725. The van der Waals surface area contributed by atoms with E-state index in [9.17, 15) is 14.4 Å². The lowest BCUT2D eigenvalue weighted by Gasteiger charge is -2.31. The lowest BCUT2D eigenvalue weighted by Crippen LogP contribution is -2.51.